The molecule has 4 fully saturated rings. The molecule has 1 atom stereocenters. The highest BCUT2D eigenvalue weighted by Crippen LogP contribution is 2.92. The number of pyridine rings is 2. The van der Waals surface area contributed by atoms with Crippen LogP contribution < -0.4 is 21.7 Å². The van der Waals surface area contributed by atoms with E-state index < -0.39 is 5.91 Å². The van der Waals surface area contributed by atoms with Gasteiger partial charge >= 0.3 is 0 Å². The molecule has 1 saturated heterocycles. The molecule has 2 spiro atoms. The summed E-state index contributed by atoms with van der Waals surface area (Å²) < 4.78 is 6.58. The molecule has 3 saturated carbocycles. The number of allylic oxidation sites excluding steroid dienone is 1. The van der Waals surface area contributed by atoms with Gasteiger partial charge in [0.05, 0.1) is 12.2 Å². The summed E-state index contributed by atoms with van der Waals surface area (Å²) in [6, 6.07) is 9.23. The van der Waals surface area contributed by atoms with E-state index in [2.05, 4.69) is 34.0 Å². The lowest BCUT2D eigenvalue weighted by atomic mass is 9.93. The van der Waals surface area contributed by atoms with Gasteiger partial charge in [0.2, 0.25) is 0 Å². The first-order valence-electron chi connectivity index (χ1n) is 14.8. The molecule has 3 heterocycles. The number of carbonyl (C=O) groups is 1. The SMILES string of the molecule is CC1(C)CC(CCCNc2cccc(=S)[nH]2)CN1c1nc(N=CC=C(N)OCC2C3(CC3)C23CC3)ccc1C(N)=O. The Kier molecular flexibility index (Phi) is 7.08. The number of ether oxygens (including phenoxy) is 1. The number of carbonyl (C=O) groups excluding carboxylic acids is 1. The van der Waals surface area contributed by atoms with Crippen LogP contribution in [0, 0.1) is 27.3 Å². The molecule has 1 amide bonds. The first-order chi connectivity index (χ1) is 19.6. The maximum absolute atomic E-state index is 12.3. The first kappa shape index (κ1) is 27.8. The van der Waals surface area contributed by atoms with Crippen LogP contribution in [0.5, 0.6) is 0 Å². The van der Waals surface area contributed by atoms with E-state index in [4.69, 9.17) is 33.4 Å². The Balaban J connectivity index is 1.07. The third kappa shape index (κ3) is 5.46. The van der Waals surface area contributed by atoms with Crippen LogP contribution >= 0.6 is 12.2 Å². The van der Waals surface area contributed by atoms with Crippen LogP contribution in [0.3, 0.4) is 0 Å². The Morgan fingerprint density at radius 1 is 1.22 bits per heavy atom. The summed E-state index contributed by atoms with van der Waals surface area (Å²) in [5.74, 6) is 3.03. The number of aromatic nitrogens is 2. The lowest BCUT2D eigenvalue weighted by Crippen LogP contribution is -2.40. The second-order valence-electron chi connectivity index (χ2n) is 12.9. The van der Waals surface area contributed by atoms with E-state index in [0.717, 1.165) is 38.2 Å². The maximum atomic E-state index is 12.3. The number of anilines is 2. The second-order valence-corrected chi connectivity index (χ2v) is 13.4. The summed E-state index contributed by atoms with van der Waals surface area (Å²) in [5, 5.41) is 3.41. The second kappa shape index (κ2) is 10.5. The first-order valence-corrected chi connectivity index (χ1v) is 15.2. The van der Waals surface area contributed by atoms with Gasteiger partial charge in [-0.15, -0.1) is 0 Å². The number of fused-ring (bicyclic) bond motifs is 1. The van der Waals surface area contributed by atoms with Gasteiger partial charge in [-0.3, -0.25) is 4.79 Å². The van der Waals surface area contributed by atoms with E-state index >= 15 is 0 Å². The van der Waals surface area contributed by atoms with Gasteiger partial charge in [-0.05, 0) is 99.8 Å². The van der Waals surface area contributed by atoms with Crippen molar-refractivity contribution >= 4 is 41.8 Å². The van der Waals surface area contributed by atoms with Gasteiger partial charge in [0.1, 0.15) is 16.3 Å². The summed E-state index contributed by atoms with van der Waals surface area (Å²) in [7, 11) is 0. The number of hydrogen-bond donors (Lipinski definition) is 4. The average molecular weight is 576 g/mol. The molecule has 1 unspecified atom stereocenters. The summed E-state index contributed by atoms with van der Waals surface area (Å²) >= 11 is 5.20. The van der Waals surface area contributed by atoms with Crippen LogP contribution in [0.25, 0.3) is 0 Å². The molecule has 41 heavy (non-hydrogen) atoms. The fourth-order valence-corrected chi connectivity index (χ4v) is 7.75. The standard InChI is InChI=1S/C31H41N7O2S/c1-29(2)17-20(5-4-15-34-24-6-3-7-26(41)36-24)18-38(29)28-21(27(33)39)8-9-25(37-28)35-16-10-23(32)40-19-22-30(11-12-30)31(22)13-14-31/h3,6-10,16,20,22H,4-5,11-15,17-19,32H2,1-2H3,(H2,33,39)(H2,34,36,41). The number of aliphatic imine (C=N–C) groups is 1. The van der Waals surface area contributed by atoms with E-state index in [1.54, 1.807) is 24.4 Å². The molecular formula is C31H41N7O2S. The van der Waals surface area contributed by atoms with Gasteiger partial charge < -0.3 is 31.4 Å². The van der Waals surface area contributed by atoms with Crippen LogP contribution in [-0.4, -0.2) is 47.3 Å². The smallest absolute Gasteiger partial charge is 0.252 e. The van der Waals surface area contributed by atoms with Gasteiger partial charge in [-0.1, -0.05) is 18.3 Å². The quantitative estimate of drug-likeness (QED) is 0.114. The zero-order valence-corrected chi connectivity index (χ0v) is 24.8. The Labute approximate surface area is 246 Å². The monoisotopic (exact) mass is 575 g/mol. The largest absolute Gasteiger partial charge is 0.479 e. The molecular weight excluding hydrogens is 534 g/mol. The predicted octanol–water partition coefficient (Wildman–Crippen LogP) is 5.44. The third-order valence-electron chi connectivity index (χ3n) is 9.90. The predicted molar refractivity (Wildman–Crippen MR) is 165 cm³/mol. The zero-order valence-electron chi connectivity index (χ0n) is 24.0. The van der Waals surface area contributed by atoms with E-state index in [1.807, 2.05) is 18.2 Å². The van der Waals surface area contributed by atoms with Crippen molar-refractivity contribution in [1.82, 2.24) is 9.97 Å². The van der Waals surface area contributed by atoms with Gasteiger partial charge in [-0.25, -0.2) is 9.98 Å². The van der Waals surface area contributed by atoms with Crippen LogP contribution in [0.2, 0.25) is 0 Å². The molecule has 9 nitrogen and oxygen atoms in total. The van der Waals surface area contributed by atoms with Crippen molar-refractivity contribution in [2.75, 3.05) is 29.9 Å². The molecule has 2 aromatic heterocycles. The number of rotatable bonds is 12. The number of aromatic amines is 1. The van der Waals surface area contributed by atoms with E-state index in [9.17, 15) is 4.79 Å². The summed E-state index contributed by atoms with van der Waals surface area (Å²) in [5.41, 5.74) is 13.3. The molecule has 0 aromatic carbocycles. The minimum atomic E-state index is -0.494. The minimum absolute atomic E-state index is 0.180. The number of nitrogens with zero attached hydrogens (tertiary/aromatic N) is 3. The molecule has 218 valence electrons. The maximum Gasteiger partial charge on any atom is 0.252 e. The number of H-pyrrole nitrogens is 1. The number of amides is 1. The Hall–Kier alpha value is -3.40. The van der Waals surface area contributed by atoms with Crippen molar-refractivity contribution in [2.45, 2.75) is 64.3 Å². The van der Waals surface area contributed by atoms with Crippen molar-refractivity contribution in [3.05, 3.63) is 52.5 Å². The van der Waals surface area contributed by atoms with Crippen molar-refractivity contribution < 1.29 is 9.53 Å². The van der Waals surface area contributed by atoms with Crippen molar-refractivity contribution in [1.29, 1.82) is 0 Å². The number of hydrogen-bond acceptors (Lipinski definition) is 8. The van der Waals surface area contributed by atoms with Gasteiger partial charge in [0.25, 0.3) is 5.91 Å². The molecule has 0 bridgehead atoms. The Bertz CT molecular complexity index is 1420. The van der Waals surface area contributed by atoms with Crippen LogP contribution in [0.15, 0.2) is 47.3 Å². The van der Waals surface area contributed by atoms with E-state index in [-0.39, 0.29) is 5.54 Å². The number of primary amides is 1. The lowest BCUT2D eigenvalue weighted by molar-refractivity contribution is 0.100. The third-order valence-corrected chi connectivity index (χ3v) is 10.1. The molecule has 3 aliphatic carbocycles. The summed E-state index contributed by atoms with van der Waals surface area (Å²) in [4.78, 5) is 27.0. The van der Waals surface area contributed by atoms with Crippen LogP contribution in [-0.2, 0) is 4.74 Å². The van der Waals surface area contributed by atoms with Gasteiger partial charge in [0.15, 0.2) is 11.7 Å². The van der Waals surface area contributed by atoms with Crippen LogP contribution in [0.1, 0.15) is 69.2 Å². The van der Waals surface area contributed by atoms with Crippen molar-refractivity contribution in [3.8, 4) is 0 Å². The van der Waals surface area contributed by atoms with Crippen LogP contribution in [0.4, 0.5) is 17.5 Å². The molecule has 10 heteroatoms. The highest BCUT2D eigenvalue weighted by Gasteiger charge is 2.86. The minimum Gasteiger partial charge on any atom is -0.479 e. The molecule has 6 N–H and O–H groups in total. The summed E-state index contributed by atoms with van der Waals surface area (Å²) in [6.07, 6.45) is 11.8. The lowest BCUT2D eigenvalue weighted by Gasteiger charge is -2.33. The number of nitrogens with two attached hydrogens (primary N) is 2. The van der Waals surface area contributed by atoms with E-state index in [1.165, 1.54) is 25.7 Å². The molecule has 2 aromatic rings. The average Bonchev–Trinajstić information content (AvgIpc) is 3.87. The number of nitrogens with one attached hydrogen (secondary N) is 2. The van der Waals surface area contributed by atoms with E-state index in [0.29, 0.717) is 57.0 Å². The van der Waals surface area contributed by atoms with Gasteiger partial charge in [0, 0.05) is 36.8 Å². The normalized spacial score (nSPS) is 23.3. The zero-order chi connectivity index (χ0) is 28.8. The molecule has 4 aliphatic rings. The van der Waals surface area contributed by atoms with Gasteiger partial charge in [-0.2, -0.15) is 0 Å². The van der Waals surface area contributed by atoms with Crippen molar-refractivity contribution in [2.24, 2.45) is 39.1 Å². The Morgan fingerprint density at radius 2 is 1.98 bits per heavy atom. The highest BCUT2D eigenvalue weighted by atomic mass is 32.1. The molecule has 6 rings (SSSR count). The summed E-state index contributed by atoms with van der Waals surface area (Å²) in [6.45, 7) is 6.73. The fourth-order valence-electron chi connectivity index (χ4n) is 7.56. The highest BCUT2D eigenvalue weighted by molar-refractivity contribution is 7.71. The fraction of sp³-hybridized carbons (Fsp3) is 0.548. The molecule has 0 radical (unpaired) electrons. The molecule has 1 aliphatic heterocycles. The topological polar surface area (TPSA) is 135 Å². The van der Waals surface area contributed by atoms with Crippen molar-refractivity contribution in [3.63, 3.8) is 0 Å². The Morgan fingerprint density at radius 3 is 2.66 bits per heavy atom.